The third-order valence-corrected chi connectivity index (χ3v) is 3.89. The van der Waals surface area contributed by atoms with E-state index in [4.69, 9.17) is 4.74 Å². The van der Waals surface area contributed by atoms with Crippen LogP contribution in [0.1, 0.15) is 32.6 Å². The molecule has 3 amide bonds. The Kier molecular flexibility index (Phi) is 5.55. The van der Waals surface area contributed by atoms with Gasteiger partial charge in [0.05, 0.1) is 25.6 Å². The van der Waals surface area contributed by atoms with Crippen molar-refractivity contribution in [3.8, 4) is 0 Å². The maximum Gasteiger partial charge on any atom is 0.321 e. The zero-order valence-electron chi connectivity index (χ0n) is 12.4. The first-order valence-corrected chi connectivity index (χ1v) is 7.69. The van der Waals surface area contributed by atoms with Gasteiger partial charge in [-0.1, -0.05) is 0 Å². The van der Waals surface area contributed by atoms with E-state index in [1.165, 1.54) is 0 Å². The Morgan fingerprint density at radius 2 is 1.81 bits per heavy atom. The number of hydrogen-bond acceptors (Lipinski definition) is 4. The van der Waals surface area contributed by atoms with Crippen molar-refractivity contribution in [1.29, 1.82) is 0 Å². The number of hydrogen-bond donors (Lipinski definition) is 3. The molecule has 0 aromatic carbocycles. The van der Waals surface area contributed by atoms with E-state index in [-0.39, 0.29) is 30.4 Å². The highest BCUT2D eigenvalue weighted by molar-refractivity contribution is 5.94. The minimum Gasteiger partial charge on any atom is -0.466 e. The van der Waals surface area contributed by atoms with Crippen molar-refractivity contribution >= 4 is 17.9 Å². The van der Waals surface area contributed by atoms with Crippen LogP contribution >= 0.6 is 0 Å². The number of rotatable bonds is 5. The van der Waals surface area contributed by atoms with E-state index >= 15 is 0 Å². The van der Waals surface area contributed by atoms with E-state index in [2.05, 4.69) is 10.6 Å². The van der Waals surface area contributed by atoms with Gasteiger partial charge in [-0.05, 0) is 19.8 Å². The van der Waals surface area contributed by atoms with Gasteiger partial charge in [0.1, 0.15) is 0 Å². The summed E-state index contributed by atoms with van der Waals surface area (Å²) in [6.45, 7) is 3.98. The molecular formula is C14H24N3O4+. The minimum absolute atomic E-state index is 0.0464. The number of nitrogens with one attached hydrogen (secondary N) is 3. The quantitative estimate of drug-likeness (QED) is 0.558. The first kappa shape index (κ1) is 15.8. The SMILES string of the molecule is CCOC(=O)C1CC[NH+](CC(=O)NC(=O)NC2CC2)CC1. The van der Waals surface area contributed by atoms with Crippen molar-refractivity contribution in [2.24, 2.45) is 5.92 Å². The lowest BCUT2D eigenvalue weighted by atomic mass is 9.97. The summed E-state index contributed by atoms with van der Waals surface area (Å²) < 4.78 is 5.01. The lowest BCUT2D eigenvalue weighted by Crippen LogP contribution is -3.14. The fourth-order valence-electron chi connectivity index (χ4n) is 2.55. The van der Waals surface area contributed by atoms with Crippen molar-refractivity contribution in [1.82, 2.24) is 10.6 Å². The maximum atomic E-state index is 11.8. The smallest absolute Gasteiger partial charge is 0.321 e. The van der Waals surface area contributed by atoms with Gasteiger partial charge in [0.2, 0.25) is 0 Å². The molecule has 2 fully saturated rings. The summed E-state index contributed by atoms with van der Waals surface area (Å²) in [4.78, 5) is 35.9. The molecule has 7 nitrogen and oxygen atoms in total. The molecular weight excluding hydrogens is 274 g/mol. The zero-order valence-corrected chi connectivity index (χ0v) is 12.4. The van der Waals surface area contributed by atoms with Crippen LogP contribution < -0.4 is 15.5 Å². The van der Waals surface area contributed by atoms with Crippen LogP contribution in [0, 0.1) is 5.92 Å². The molecule has 2 aliphatic rings. The van der Waals surface area contributed by atoms with Crippen molar-refractivity contribution in [2.45, 2.75) is 38.6 Å². The number of urea groups is 1. The van der Waals surface area contributed by atoms with E-state index in [0.717, 1.165) is 43.7 Å². The van der Waals surface area contributed by atoms with Crippen molar-refractivity contribution < 1.29 is 24.0 Å². The standard InChI is InChI=1S/C14H23N3O4/c1-2-21-13(19)10-5-7-17(8-6-10)9-12(18)16-14(20)15-11-3-4-11/h10-11H,2-9H2,1H3,(H2,15,16,18,20)/p+1. The highest BCUT2D eigenvalue weighted by Crippen LogP contribution is 2.18. The van der Waals surface area contributed by atoms with Crippen molar-refractivity contribution in [3.05, 3.63) is 0 Å². The molecule has 3 N–H and O–H groups in total. The number of quaternary nitrogens is 1. The molecule has 0 atom stereocenters. The second kappa shape index (κ2) is 7.40. The predicted octanol–water partition coefficient (Wildman–Crippen LogP) is -1.17. The number of carbonyl (C=O) groups excluding carboxylic acids is 3. The van der Waals surface area contributed by atoms with Gasteiger partial charge in [0, 0.05) is 18.9 Å². The Morgan fingerprint density at radius 3 is 2.38 bits per heavy atom. The number of amides is 3. The average molecular weight is 298 g/mol. The molecule has 0 unspecified atom stereocenters. The molecule has 0 aromatic heterocycles. The summed E-state index contributed by atoms with van der Waals surface area (Å²) >= 11 is 0. The molecule has 1 heterocycles. The van der Waals surface area contributed by atoms with Crippen LogP contribution in [-0.2, 0) is 14.3 Å². The third kappa shape index (κ3) is 5.34. The molecule has 0 radical (unpaired) electrons. The number of imide groups is 1. The molecule has 0 spiro atoms. The lowest BCUT2D eigenvalue weighted by Gasteiger charge is -2.27. The van der Waals surface area contributed by atoms with Crippen molar-refractivity contribution in [2.75, 3.05) is 26.2 Å². The Balaban J connectivity index is 1.64. The first-order valence-electron chi connectivity index (χ1n) is 7.69. The third-order valence-electron chi connectivity index (χ3n) is 3.89. The number of ether oxygens (including phenoxy) is 1. The highest BCUT2D eigenvalue weighted by Gasteiger charge is 2.30. The van der Waals surface area contributed by atoms with Crippen LogP contribution in [-0.4, -0.2) is 50.2 Å². The second-order valence-electron chi connectivity index (χ2n) is 5.75. The van der Waals surface area contributed by atoms with Gasteiger partial charge in [-0.15, -0.1) is 0 Å². The van der Waals surface area contributed by atoms with Gasteiger partial charge in [0.25, 0.3) is 5.91 Å². The summed E-state index contributed by atoms with van der Waals surface area (Å²) in [6, 6.07) is -0.159. The summed E-state index contributed by atoms with van der Waals surface area (Å²) in [6.07, 6.45) is 3.45. The fraction of sp³-hybridized carbons (Fsp3) is 0.786. The van der Waals surface area contributed by atoms with E-state index in [1.807, 2.05) is 0 Å². The number of piperidine rings is 1. The van der Waals surface area contributed by atoms with Gasteiger partial charge in [0.15, 0.2) is 6.54 Å². The van der Waals surface area contributed by atoms with Crippen LogP contribution in [0.2, 0.25) is 0 Å². The topological polar surface area (TPSA) is 88.9 Å². The largest absolute Gasteiger partial charge is 0.466 e. The van der Waals surface area contributed by atoms with E-state index in [1.54, 1.807) is 6.92 Å². The highest BCUT2D eigenvalue weighted by atomic mass is 16.5. The molecule has 0 bridgehead atoms. The first-order chi connectivity index (χ1) is 10.1. The number of carbonyl (C=O) groups is 3. The van der Waals surface area contributed by atoms with E-state index in [0.29, 0.717) is 6.61 Å². The molecule has 1 saturated carbocycles. The molecule has 2 rings (SSSR count). The lowest BCUT2D eigenvalue weighted by molar-refractivity contribution is -0.897. The monoisotopic (exact) mass is 298 g/mol. The zero-order chi connectivity index (χ0) is 15.2. The van der Waals surface area contributed by atoms with E-state index < -0.39 is 6.03 Å². The Bertz CT molecular complexity index is 401. The van der Waals surface area contributed by atoms with Crippen LogP contribution in [0.4, 0.5) is 4.79 Å². The minimum atomic E-state index is -0.400. The fourth-order valence-corrected chi connectivity index (χ4v) is 2.55. The summed E-state index contributed by atoms with van der Waals surface area (Å²) in [7, 11) is 0. The normalized spacial score (nSPS) is 25.0. The molecule has 7 heteroatoms. The molecule has 1 aliphatic carbocycles. The predicted molar refractivity (Wildman–Crippen MR) is 74.6 cm³/mol. The molecule has 0 aromatic rings. The molecule has 118 valence electrons. The van der Waals surface area contributed by atoms with Crippen LogP contribution in [0.25, 0.3) is 0 Å². The van der Waals surface area contributed by atoms with Gasteiger partial charge < -0.3 is 15.0 Å². The summed E-state index contributed by atoms with van der Waals surface area (Å²) in [5.74, 6) is -0.447. The summed E-state index contributed by atoms with van der Waals surface area (Å²) in [5, 5.41) is 5.07. The van der Waals surface area contributed by atoms with Gasteiger partial charge in [-0.25, -0.2) is 4.79 Å². The van der Waals surface area contributed by atoms with E-state index in [9.17, 15) is 14.4 Å². The van der Waals surface area contributed by atoms with Gasteiger partial charge in [-0.2, -0.15) is 0 Å². The summed E-state index contributed by atoms with van der Waals surface area (Å²) in [5.41, 5.74) is 0. The molecule has 21 heavy (non-hydrogen) atoms. The molecule has 1 aliphatic heterocycles. The average Bonchev–Trinajstić information content (AvgIpc) is 3.23. The number of esters is 1. The Morgan fingerprint density at radius 1 is 1.14 bits per heavy atom. The van der Waals surface area contributed by atoms with Crippen LogP contribution in [0.3, 0.4) is 0 Å². The maximum absolute atomic E-state index is 11.8. The molecule has 1 saturated heterocycles. The van der Waals surface area contributed by atoms with Crippen molar-refractivity contribution in [3.63, 3.8) is 0 Å². The second-order valence-corrected chi connectivity index (χ2v) is 5.75. The van der Waals surface area contributed by atoms with Gasteiger partial charge >= 0.3 is 12.0 Å². The number of likely N-dealkylation sites (tertiary alicyclic amines) is 1. The van der Waals surface area contributed by atoms with Gasteiger partial charge in [-0.3, -0.25) is 14.9 Å². The Labute approximate surface area is 124 Å². The Hall–Kier alpha value is -1.63. The van der Waals surface area contributed by atoms with Crippen LogP contribution in [0.15, 0.2) is 0 Å². The van der Waals surface area contributed by atoms with Crippen LogP contribution in [0.5, 0.6) is 0 Å².